The molecular formula is C22H28N4O3S. The molecule has 1 spiro atoms. The number of anilines is 1. The van der Waals surface area contributed by atoms with Crippen LogP contribution in [0, 0.1) is 0 Å². The molecule has 0 radical (unpaired) electrons. The summed E-state index contributed by atoms with van der Waals surface area (Å²) >= 11 is 0. The molecule has 2 aliphatic rings. The maximum Gasteiger partial charge on any atom is 0.323 e. The van der Waals surface area contributed by atoms with E-state index in [2.05, 4.69) is 53.6 Å². The Balaban J connectivity index is 1.53. The Morgan fingerprint density at radius 2 is 1.70 bits per heavy atom. The number of nitrogens with zero attached hydrogens (tertiary/aromatic N) is 3. The van der Waals surface area contributed by atoms with Gasteiger partial charge in [-0.2, -0.15) is 0 Å². The van der Waals surface area contributed by atoms with E-state index in [-0.39, 0.29) is 22.0 Å². The summed E-state index contributed by atoms with van der Waals surface area (Å²) in [5.74, 6) is 0.476. The number of nitrogens with one attached hydrogen (secondary N) is 1. The Hall–Kier alpha value is -2.45. The first-order valence-corrected chi connectivity index (χ1v) is 12.0. The van der Waals surface area contributed by atoms with E-state index in [0.717, 1.165) is 31.9 Å². The van der Waals surface area contributed by atoms with Crippen LogP contribution < -0.4 is 10.2 Å². The van der Waals surface area contributed by atoms with Crippen molar-refractivity contribution in [1.82, 2.24) is 15.2 Å². The first kappa shape index (κ1) is 20.8. The second-order valence-corrected chi connectivity index (χ2v) is 10.7. The van der Waals surface area contributed by atoms with Crippen molar-refractivity contribution in [1.29, 1.82) is 0 Å². The van der Waals surface area contributed by atoms with E-state index in [1.54, 1.807) is 11.0 Å². The molecule has 8 heteroatoms. The molecule has 4 rings (SSSR count). The van der Waals surface area contributed by atoms with E-state index in [1.165, 1.54) is 17.8 Å². The number of pyridine rings is 1. The van der Waals surface area contributed by atoms with Crippen LogP contribution in [0.15, 0.2) is 53.6 Å². The van der Waals surface area contributed by atoms with Crippen LogP contribution in [0.4, 0.5) is 10.6 Å². The molecule has 1 saturated carbocycles. The zero-order valence-corrected chi connectivity index (χ0v) is 18.4. The third-order valence-corrected chi connectivity index (χ3v) is 7.80. The predicted molar refractivity (Wildman–Crippen MR) is 116 cm³/mol. The molecule has 1 N–H and O–H groups in total. The normalized spacial score (nSPS) is 26.9. The minimum absolute atomic E-state index is 0.0416. The highest BCUT2D eigenvalue weighted by molar-refractivity contribution is 7.90. The minimum atomic E-state index is -3.32. The van der Waals surface area contributed by atoms with Gasteiger partial charge in [-0.3, -0.25) is 9.80 Å². The first-order valence-electron chi connectivity index (χ1n) is 10.1. The average Bonchev–Trinajstić information content (AvgIpc) is 3.04. The van der Waals surface area contributed by atoms with Crippen LogP contribution in [-0.4, -0.2) is 56.8 Å². The SMILES string of the molecule is CN(C)[C@]1(c2ccccc2)CC[C@@]2(CC1)CN(c1ccc(S(C)(=O)=O)cn1)C(=O)N2. The first-order chi connectivity index (χ1) is 14.2. The topological polar surface area (TPSA) is 82.6 Å². The Morgan fingerprint density at radius 3 is 2.23 bits per heavy atom. The van der Waals surface area contributed by atoms with E-state index in [1.807, 2.05) is 6.07 Å². The van der Waals surface area contributed by atoms with E-state index in [9.17, 15) is 13.2 Å². The molecule has 2 fully saturated rings. The van der Waals surface area contributed by atoms with Gasteiger partial charge in [-0.15, -0.1) is 0 Å². The van der Waals surface area contributed by atoms with Gasteiger partial charge in [-0.25, -0.2) is 18.2 Å². The molecule has 1 saturated heterocycles. The highest BCUT2D eigenvalue weighted by atomic mass is 32.2. The number of benzene rings is 1. The van der Waals surface area contributed by atoms with Gasteiger partial charge in [-0.1, -0.05) is 30.3 Å². The van der Waals surface area contributed by atoms with Crippen molar-refractivity contribution in [3.8, 4) is 0 Å². The van der Waals surface area contributed by atoms with Gasteiger partial charge in [0.15, 0.2) is 9.84 Å². The molecule has 2 heterocycles. The highest BCUT2D eigenvalue weighted by Gasteiger charge is 2.50. The van der Waals surface area contributed by atoms with Crippen molar-refractivity contribution < 1.29 is 13.2 Å². The lowest BCUT2D eigenvalue weighted by atomic mass is 9.69. The molecule has 0 atom stereocenters. The lowest BCUT2D eigenvalue weighted by molar-refractivity contribution is 0.0657. The molecule has 30 heavy (non-hydrogen) atoms. The van der Waals surface area contributed by atoms with Crippen LogP contribution in [0.3, 0.4) is 0 Å². The highest BCUT2D eigenvalue weighted by Crippen LogP contribution is 2.46. The number of carbonyl (C=O) groups is 1. The third-order valence-electron chi connectivity index (χ3n) is 6.70. The number of aromatic nitrogens is 1. The fraction of sp³-hybridized carbons (Fsp3) is 0.455. The summed E-state index contributed by atoms with van der Waals surface area (Å²) in [5.41, 5.74) is 0.979. The van der Waals surface area contributed by atoms with Crippen LogP contribution in [0.2, 0.25) is 0 Å². The smallest absolute Gasteiger partial charge is 0.323 e. The summed E-state index contributed by atoms with van der Waals surface area (Å²) < 4.78 is 23.3. The molecule has 2 amide bonds. The quantitative estimate of drug-likeness (QED) is 0.810. The van der Waals surface area contributed by atoms with Gasteiger partial charge >= 0.3 is 6.03 Å². The van der Waals surface area contributed by atoms with Gasteiger partial charge in [-0.05, 0) is 57.5 Å². The molecule has 1 aliphatic carbocycles. The van der Waals surface area contributed by atoms with Gasteiger partial charge in [0.25, 0.3) is 0 Å². The van der Waals surface area contributed by atoms with Crippen LogP contribution in [-0.2, 0) is 15.4 Å². The molecular weight excluding hydrogens is 400 g/mol. The zero-order chi connectivity index (χ0) is 21.6. The maximum absolute atomic E-state index is 12.7. The Kier molecular flexibility index (Phi) is 5.10. The molecule has 160 valence electrons. The standard InChI is InChI=1S/C22H28N4O3S/c1-25(2)22(17-7-5-4-6-8-17)13-11-21(12-14-22)16-26(20(27)24-21)19-10-9-18(15-23-19)30(3,28)29/h4-10,15H,11-14,16H2,1-3H3,(H,24,27)/t21-,22-. The van der Waals surface area contributed by atoms with Crippen LogP contribution in [0.25, 0.3) is 0 Å². The number of hydrogen-bond acceptors (Lipinski definition) is 5. The summed E-state index contributed by atoms with van der Waals surface area (Å²) in [4.78, 5) is 21.1. The van der Waals surface area contributed by atoms with Crippen LogP contribution in [0.1, 0.15) is 31.2 Å². The Morgan fingerprint density at radius 1 is 1.03 bits per heavy atom. The number of hydrogen-bond donors (Lipinski definition) is 1. The maximum atomic E-state index is 12.7. The fourth-order valence-corrected chi connectivity index (χ4v) is 5.37. The number of urea groups is 1. The van der Waals surface area contributed by atoms with E-state index in [0.29, 0.717) is 12.4 Å². The molecule has 0 unspecified atom stereocenters. The molecule has 1 aromatic carbocycles. The molecule has 0 bridgehead atoms. The summed E-state index contributed by atoms with van der Waals surface area (Å²) in [6, 6.07) is 13.5. The number of amides is 2. The summed E-state index contributed by atoms with van der Waals surface area (Å²) in [7, 11) is 0.928. The molecule has 2 aromatic rings. The van der Waals surface area contributed by atoms with E-state index in [4.69, 9.17) is 0 Å². The number of carbonyl (C=O) groups excluding carboxylic acids is 1. The third kappa shape index (κ3) is 3.58. The average molecular weight is 429 g/mol. The monoisotopic (exact) mass is 428 g/mol. The van der Waals surface area contributed by atoms with Crippen molar-refractivity contribution >= 4 is 21.7 Å². The van der Waals surface area contributed by atoms with Gasteiger partial charge < -0.3 is 5.32 Å². The summed E-state index contributed by atoms with van der Waals surface area (Å²) in [6.45, 7) is 0.537. The Labute approximate surface area is 178 Å². The second-order valence-electron chi connectivity index (χ2n) is 8.71. The van der Waals surface area contributed by atoms with Crippen molar-refractivity contribution in [2.45, 2.75) is 41.7 Å². The van der Waals surface area contributed by atoms with Crippen molar-refractivity contribution in [3.05, 3.63) is 54.2 Å². The number of rotatable bonds is 4. The van der Waals surface area contributed by atoms with Gasteiger partial charge in [0.1, 0.15) is 5.82 Å². The largest absolute Gasteiger partial charge is 0.330 e. The molecule has 1 aliphatic heterocycles. The van der Waals surface area contributed by atoms with Gasteiger partial charge in [0.2, 0.25) is 0 Å². The lowest BCUT2D eigenvalue weighted by Gasteiger charge is -2.48. The van der Waals surface area contributed by atoms with Crippen LogP contribution >= 0.6 is 0 Å². The van der Waals surface area contributed by atoms with Gasteiger partial charge in [0, 0.05) is 18.0 Å². The second kappa shape index (κ2) is 7.35. The van der Waals surface area contributed by atoms with Crippen molar-refractivity contribution in [3.63, 3.8) is 0 Å². The van der Waals surface area contributed by atoms with Crippen molar-refractivity contribution in [2.75, 3.05) is 31.8 Å². The number of sulfone groups is 1. The predicted octanol–water partition coefficient (Wildman–Crippen LogP) is 2.78. The lowest BCUT2D eigenvalue weighted by Crippen LogP contribution is -2.54. The molecule has 1 aromatic heterocycles. The minimum Gasteiger partial charge on any atom is -0.330 e. The van der Waals surface area contributed by atoms with E-state index < -0.39 is 9.84 Å². The molecule has 7 nitrogen and oxygen atoms in total. The van der Waals surface area contributed by atoms with E-state index >= 15 is 0 Å². The fourth-order valence-electron chi connectivity index (χ4n) is 4.81. The van der Waals surface area contributed by atoms with Crippen molar-refractivity contribution in [2.24, 2.45) is 0 Å². The summed E-state index contributed by atoms with van der Waals surface area (Å²) in [6.07, 6.45) is 6.08. The Bertz CT molecular complexity index is 1030. The zero-order valence-electron chi connectivity index (χ0n) is 17.6. The van der Waals surface area contributed by atoms with Crippen LogP contribution in [0.5, 0.6) is 0 Å². The summed E-state index contributed by atoms with van der Waals surface area (Å²) in [5, 5.41) is 3.20. The van der Waals surface area contributed by atoms with Gasteiger partial charge in [0.05, 0.1) is 17.0 Å².